The standard InChI is InChI=1S/C8H13NO2/c1-6-4-7-5-11-3-2-9(7)8(6)10/h6-7H,2-5H2,1H3. The highest BCUT2D eigenvalue weighted by Crippen LogP contribution is 2.25. The van der Waals surface area contributed by atoms with Gasteiger partial charge >= 0.3 is 0 Å². The molecule has 2 rings (SSSR count). The molecule has 0 bridgehead atoms. The lowest BCUT2D eigenvalue weighted by atomic mass is 10.1. The molecule has 1 amide bonds. The maximum Gasteiger partial charge on any atom is 0.225 e. The Kier molecular flexibility index (Phi) is 1.60. The lowest BCUT2D eigenvalue weighted by molar-refractivity contribution is -0.135. The van der Waals surface area contributed by atoms with Gasteiger partial charge in [0.05, 0.1) is 19.3 Å². The molecule has 2 aliphatic heterocycles. The predicted molar refractivity (Wildman–Crippen MR) is 40.1 cm³/mol. The van der Waals surface area contributed by atoms with Crippen molar-refractivity contribution in [3.05, 3.63) is 0 Å². The molecule has 0 radical (unpaired) electrons. The molecule has 0 aromatic rings. The van der Waals surface area contributed by atoms with Crippen molar-refractivity contribution in [1.29, 1.82) is 0 Å². The number of rotatable bonds is 0. The Labute approximate surface area is 66.3 Å². The maximum absolute atomic E-state index is 11.4. The zero-order chi connectivity index (χ0) is 7.84. The highest BCUT2D eigenvalue weighted by atomic mass is 16.5. The van der Waals surface area contributed by atoms with Crippen molar-refractivity contribution < 1.29 is 9.53 Å². The molecule has 0 aliphatic carbocycles. The predicted octanol–water partition coefficient (Wildman–Crippen LogP) is 0.254. The second-order valence-electron chi connectivity index (χ2n) is 3.40. The van der Waals surface area contributed by atoms with E-state index in [1.807, 2.05) is 11.8 Å². The molecule has 2 fully saturated rings. The number of morpholine rings is 1. The molecule has 2 atom stereocenters. The molecule has 2 unspecified atom stereocenters. The van der Waals surface area contributed by atoms with Gasteiger partial charge in [0.1, 0.15) is 0 Å². The first-order valence-corrected chi connectivity index (χ1v) is 4.17. The minimum atomic E-state index is 0.224. The summed E-state index contributed by atoms with van der Waals surface area (Å²) < 4.78 is 5.29. The molecule has 0 saturated carbocycles. The zero-order valence-electron chi connectivity index (χ0n) is 6.75. The smallest absolute Gasteiger partial charge is 0.225 e. The summed E-state index contributed by atoms with van der Waals surface area (Å²) in [5.74, 6) is 0.542. The van der Waals surface area contributed by atoms with Crippen molar-refractivity contribution in [2.45, 2.75) is 19.4 Å². The van der Waals surface area contributed by atoms with Crippen molar-refractivity contribution in [1.82, 2.24) is 4.90 Å². The molecule has 0 spiro atoms. The second-order valence-corrected chi connectivity index (χ2v) is 3.40. The van der Waals surface area contributed by atoms with Gasteiger partial charge in [-0.25, -0.2) is 0 Å². The lowest BCUT2D eigenvalue weighted by Crippen LogP contribution is -2.43. The van der Waals surface area contributed by atoms with E-state index < -0.39 is 0 Å². The van der Waals surface area contributed by atoms with Gasteiger partial charge in [-0.3, -0.25) is 4.79 Å². The minimum absolute atomic E-state index is 0.224. The number of hydrogen-bond donors (Lipinski definition) is 0. The van der Waals surface area contributed by atoms with Gasteiger partial charge < -0.3 is 9.64 Å². The SMILES string of the molecule is CC1CC2COCCN2C1=O. The van der Waals surface area contributed by atoms with E-state index in [1.165, 1.54) is 0 Å². The van der Waals surface area contributed by atoms with Gasteiger partial charge in [0.25, 0.3) is 0 Å². The van der Waals surface area contributed by atoms with Crippen molar-refractivity contribution in [3.8, 4) is 0 Å². The van der Waals surface area contributed by atoms with Gasteiger partial charge in [0, 0.05) is 12.5 Å². The molecule has 0 N–H and O–H groups in total. The molecule has 2 aliphatic rings. The van der Waals surface area contributed by atoms with Crippen LogP contribution in [0.3, 0.4) is 0 Å². The third-order valence-electron chi connectivity index (χ3n) is 2.56. The van der Waals surface area contributed by atoms with Crippen LogP contribution in [0.5, 0.6) is 0 Å². The van der Waals surface area contributed by atoms with Crippen LogP contribution in [0.15, 0.2) is 0 Å². The van der Waals surface area contributed by atoms with Gasteiger partial charge in [-0.2, -0.15) is 0 Å². The Morgan fingerprint density at radius 2 is 2.45 bits per heavy atom. The molecule has 62 valence electrons. The van der Waals surface area contributed by atoms with Crippen LogP contribution in [0.1, 0.15) is 13.3 Å². The molecule has 11 heavy (non-hydrogen) atoms. The largest absolute Gasteiger partial charge is 0.377 e. The van der Waals surface area contributed by atoms with Gasteiger partial charge in [0.2, 0.25) is 5.91 Å². The van der Waals surface area contributed by atoms with E-state index in [4.69, 9.17) is 4.74 Å². The summed E-state index contributed by atoms with van der Waals surface area (Å²) in [7, 11) is 0. The Hall–Kier alpha value is -0.570. The first-order chi connectivity index (χ1) is 5.29. The molecule has 3 nitrogen and oxygen atoms in total. The van der Waals surface area contributed by atoms with E-state index in [0.717, 1.165) is 26.2 Å². The van der Waals surface area contributed by atoms with E-state index in [2.05, 4.69) is 0 Å². The highest BCUT2D eigenvalue weighted by molar-refractivity contribution is 5.81. The molecule has 2 saturated heterocycles. The monoisotopic (exact) mass is 155 g/mol. The molecule has 0 aromatic carbocycles. The third-order valence-corrected chi connectivity index (χ3v) is 2.56. The number of carbonyl (C=O) groups is 1. The Bertz CT molecular complexity index is 181. The number of amides is 1. The Morgan fingerprint density at radius 1 is 1.64 bits per heavy atom. The molecule has 0 aromatic heterocycles. The third kappa shape index (κ3) is 1.03. The average Bonchev–Trinajstić information content (AvgIpc) is 2.30. The van der Waals surface area contributed by atoms with Crippen LogP contribution in [0.25, 0.3) is 0 Å². The van der Waals surface area contributed by atoms with Gasteiger partial charge in [0.15, 0.2) is 0 Å². The number of ether oxygens (including phenoxy) is 1. The van der Waals surface area contributed by atoms with Crippen molar-refractivity contribution >= 4 is 5.91 Å². The first kappa shape index (κ1) is 7.10. The summed E-state index contributed by atoms with van der Waals surface area (Å²) in [5.41, 5.74) is 0. The molecular formula is C8H13NO2. The van der Waals surface area contributed by atoms with Gasteiger partial charge in [-0.15, -0.1) is 0 Å². The maximum atomic E-state index is 11.4. The number of hydrogen-bond acceptors (Lipinski definition) is 2. The van der Waals surface area contributed by atoms with Crippen LogP contribution in [-0.4, -0.2) is 36.6 Å². The fourth-order valence-corrected chi connectivity index (χ4v) is 1.93. The van der Waals surface area contributed by atoms with Crippen LogP contribution in [-0.2, 0) is 9.53 Å². The lowest BCUT2D eigenvalue weighted by Gasteiger charge is -2.29. The quantitative estimate of drug-likeness (QED) is 0.502. The Morgan fingerprint density at radius 3 is 3.18 bits per heavy atom. The van der Waals surface area contributed by atoms with E-state index in [9.17, 15) is 4.79 Å². The van der Waals surface area contributed by atoms with E-state index >= 15 is 0 Å². The topological polar surface area (TPSA) is 29.5 Å². The molecule has 2 heterocycles. The summed E-state index contributed by atoms with van der Waals surface area (Å²) in [4.78, 5) is 13.4. The van der Waals surface area contributed by atoms with E-state index in [1.54, 1.807) is 0 Å². The van der Waals surface area contributed by atoms with Gasteiger partial charge in [-0.1, -0.05) is 6.92 Å². The fourth-order valence-electron chi connectivity index (χ4n) is 1.93. The van der Waals surface area contributed by atoms with Crippen LogP contribution in [0, 0.1) is 5.92 Å². The average molecular weight is 155 g/mol. The number of fused-ring (bicyclic) bond motifs is 1. The fraction of sp³-hybridized carbons (Fsp3) is 0.875. The summed E-state index contributed by atoms with van der Waals surface area (Å²) in [6.07, 6.45) is 0.985. The van der Waals surface area contributed by atoms with Crippen molar-refractivity contribution in [2.24, 2.45) is 5.92 Å². The van der Waals surface area contributed by atoms with Crippen LogP contribution in [0.2, 0.25) is 0 Å². The zero-order valence-corrected chi connectivity index (χ0v) is 6.75. The van der Waals surface area contributed by atoms with Crippen molar-refractivity contribution in [3.63, 3.8) is 0 Å². The number of carbonyl (C=O) groups excluding carboxylic acids is 1. The van der Waals surface area contributed by atoms with E-state index in [0.29, 0.717) is 11.9 Å². The summed E-state index contributed by atoms with van der Waals surface area (Å²) in [5, 5.41) is 0. The molecule has 3 heteroatoms. The summed E-state index contributed by atoms with van der Waals surface area (Å²) in [6.45, 7) is 4.26. The van der Waals surface area contributed by atoms with Crippen LogP contribution >= 0.6 is 0 Å². The van der Waals surface area contributed by atoms with Crippen LogP contribution < -0.4 is 0 Å². The normalized spacial score (nSPS) is 37.5. The minimum Gasteiger partial charge on any atom is -0.377 e. The summed E-state index contributed by atoms with van der Waals surface area (Å²) in [6, 6.07) is 0.381. The number of nitrogens with zero attached hydrogens (tertiary/aromatic N) is 1. The Balaban J connectivity index is 2.11. The van der Waals surface area contributed by atoms with Crippen molar-refractivity contribution in [2.75, 3.05) is 19.8 Å². The molecular weight excluding hydrogens is 142 g/mol. The van der Waals surface area contributed by atoms with E-state index in [-0.39, 0.29) is 5.92 Å². The van der Waals surface area contributed by atoms with Crippen LogP contribution in [0.4, 0.5) is 0 Å². The van der Waals surface area contributed by atoms with Gasteiger partial charge in [-0.05, 0) is 6.42 Å². The second kappa shape index (κ2) is 2.48. The first-order valence-electron chi connectivity index (χ1n) is 4.17. The summed E-state index contributed by atoms with van der Waals surface area (Å²) >= 11 is 0. The highest BCUT2D eigenvalue weighted by Gasteiger charge is 2.38.